The number of nitrogens with zero attached hydrogens (tertiary/aromatic N) is 3. The molecule has 1 aromatic heterocycles. The number of imidazole rings is 1. The Morgan fingerprint density at radius 2 is 2.29 bits per heavy atom. The number of carbonyl (C=O) groups is 1. The topological polar surface area (TPSA) is 58.4 Å². The van der Waals surface area contributed by atoms with Crippen LogP contribution in [0.4, 0.5) is 0 Å². The fourth-order valence-electron chi connectivity index (χ4n) is 3.69. The fourth-order valence-corrected chi connectivity index (χ4v) is 3.69. The number of hydrogen-bond donors (Lipinski definition) is 1. The van der Waals surface area contributed by atoms with Crippen molar-refractivity contribution in [2.45, 2.75) is 57.1 Å². The highest BCUT2D eigenvalue weighted by molar-refractivity contribution is 5.77. The Hall–Kier alpha value is -1.36. The quantitative estimate of drug-likeness (QED) is 0.916. The number of aryl methyl sites for hydroxylation is 1. The highest BCUT2D eigenvalue weighted by Crippen LogP contribution is 2.32. The number of hydrogen-bond acceptors (Lipinski definition) is 3. The maximum atomic E-state index is 12.3. The van der Waals surface area contributed by atoms with Gasteiger partial charge in [0.05, 0.1) is 12.0 Å². The van der Waals surface area contributed by atoms with Crippen LogP contribution >= 0.6 is 0 Å². The van der Waals surface area contributed by atoms with Gasteiger partial charge in [-0.2, -0.15) is 0 Å². The van der Waals surface area contributed by atoms with Gasteiger partial charge in [-0.3, -0.25) is 4.79 Å². The second-order valence-electron chi connectivity index (χ2n) is 6.78. The van der Waals surface area contributed by atoms with Crippen LogP contribution in [-0.2, 0) is 17.8 Å². The SMILES string of the molecule is CN(C[C@H]1CCn2ccnc2C1)C(=O)CC1(O)CCCC1. The summed E-state index contributed by atoms with van der Waals surface area (Å²) >= 11 is 0. The highest BCUT2D eigenvalue weighted by Gasteiger charge is 2.34. The van der Waals surface area contributed by atoms with E-state index in [0.29, 0.717) is 5.92 Å². The molecule has 0 unspecified atom stereocenters. The van der Waals surface area contributed by atoms with Crippen LogP contribution in [-0.4, -0.2) is 44.7 Å². The second-order valence-corrected chi connectivity index (χ2v) is 6.78. The number of aromatic nitrogens is 2. The molecule has 1 fully saturated rings. The van der Waals surface area contributed by atoms with Gasteiger partial charge < -0.3 is 14.6 Å². The summed E-state index contributed by atoms with van der Waals surface area (Å²) in [7, 11) is 1.86. The first-order chi connectivity index (χ1) is 10.1. The van der Waals surface area contributed by atoms with Crippen molar-refractivity contribution in [2.24, 2.45) is 5.92 Å². The third-order valence-corrected chi connectivity index (χ3v) is 5.02. The van der Waals surface area contributed by atoms with Crippen molar-refractivity contribution in [2.75, 3.05) is 13.6 Å². The molecular formula is C16H25N3O2. The van der Waals surface area contributed by atoms with Crippen LogP contribution in [0, 0.1) is 5.92 Å². The molecule has 21 heavy (non-hydrogen) atoms. The lowest BCUT2D eigenvalue weighted by atomic mass is 9.95. The second kappa shape index (κ2) is 5.79. The summed E-state index contributed by atoms with van der Waals surface area (Å²) in [5.74, 6) is 1.68. The predicted molar refractivity (Wildman–Crippen MR) is 79.7 cm³/mol. The molecular weight excluding hydrogens is 266 g/mol. The van der Waals surface area contributed by atoms with Gasteiger partial charge in [-0.15, -0.1) is 0 Å². The van der Waals surface area contributed by atoms with E-state index >= 15 is 0 Å². The first kappa shape index (κ1) is 14.6. The molecule has 0 spiro atoms. The van der Waals surface area contributed by atoms with Crippen molar-refractivity contribution < 1.29 is 9.90 Å². The Balaban J connectivity index is 1.52. The molecule has 1 aliphatic carbocycles. The number of aliphatic hydroxyl groups is 1. The molecule has 1 atom stereocenters. The first-order valence-electron chi connectivity index (χ1n) is 8.02. The van der Waals surface area contributed by atoms with Gasteiger partial charge in [-0.05, 0) is 25.2 Å². The molecule has 2 heterocycles. The Kier molecular flexibility index (Phi) is 4.02. The van der Waals surface area contributed by atoms with Gasteiger partial charge >= 0.3 is 0 Å². The zero-order valence-electron chi connectivity index (χ0n) is 12.8. The van der Waals surface area contributed by atoms with Gasteiger partial charge in [0, 0.05) is 39.0 Å². The van der Waals surface area contributed by atoms with Gasteiger partial charge in [-0.25, -0.2) is 4.98 Å². The Morgan fingerprint density at radius 3 is 3.05 bits per heavy atom. The molecule has 1 amide bonds. The zero-order chi connectivity index (χ0) is 14.9. The van der Waals surface area contributed by atoms with E-state index in [1.54, 1.807) is 4.90 Å². The molecule has 1 saturated carbocycles. The minimum atomic E-state index is -0.742. The molecule has 5 nitrogen and oxygen atoms in total. The third-order valence-electron chi connectivity index (χ3n) is 5.02. The third kappa shape index (κ3) is 3.28. The molecule has 1 N–H and O–H groups in total. The van der Waals surface area contributed by atoms with E-state index < -0.39 is 5.60 Å². The molecule has 0 aromatic carbocycles. The average molecular weight is 291 g/mol. The predicted octanol–water partition coefficient (Wildman–Crippen LogP) is 1.60. The normalized spacial score (nSPS) is 23.8. The van der Waals surface area contributed by atoms with Crippen molar-refractivity contribution >= 4 is 5.91 Å². The smallest absolute Gasteiger partial charge is 0.225 e. The summed E-state index contributed by atoms with van der Waals surface area (Å²) in [5.41, 5.74) is -0.742. The lowest BCUT2D eigenvalue weighted by Gasteiger charge is -2.30. The Morgan fingerprint density at radius 1 is 1.52 bits per heavy atom. The minimum Gasteiger partial charge on any atom is -0.389 e. The molecule has 1 aliphatic heterocycles. The molecule has 3 rings (SSSR count). The zero-order valence-corrected chi connectivity index (χ0v) is 12.8. The lowest BCUT2D eigenvalue weighted by Crippen LogP contribution is -2.39. The van der Waals surface area contributed by atoms with Gasteiger partial charge in [0.15, 0.2) is 0 Å². The number of carbonyl (C=O) groups excluding carboxylic acids is 1. The number of amides is 1. The first-order valence-corrected chi connectivity index (χ1v) is 8.02. The standard InChI is InChI=1S/C16H25N3O2/c1-18(15(20)11-16(21)5-2-3-6-16)12-13-4-8-19-9-7-17-14(19)10-13/h7,9,13,21H,2-6,8,10-12H2,1H3/t13-/m0/s1. The average Bonchev–Trinajstić information content (AvgIpc) is 3.07. The summed E-state index contributed by atoms with van der Waals surface area (Å²) in [5, 5.41) is 10.4. The molecule has 5 heteroatoms. The van der Waals surface area contributed by atoms with Crippen LogP contribution < -0.4 is 0 Å². The van der Waals surface area contributed by atoms with E-state index in [0.717, 1.165) is 57.4 Å². The summed E-state index contributed by atoms with van der Waals surface area (Å²) < 4.78 is 2.19. The van der Waals surface area contributed by atoms with Crippen molar-refractivity contribution in [3.63, 3.8) is 0 Å². The maximum absolute atomic E-state index is 12.3. The Labute approximate surface area is 126 Å². The lowest BCUT2D eigenvalue weighted by molar-refractivity contribution is -0.135. The maximum Gasteiger partial charge on any atom is 0.225 e. The van der Waals surface area contributed by atoms with Crippen LogP contribution in [0.1, 0.15) is 44.3 Å². The van der Waals surface area contributed by atoms with Crippen LogP contribution in [0.3, 0.4) is 0 Å². The van der Waals surface area contributed by atoms with Crippen molar-refractivity contribution in [1.29, 1.82) is 0 Å². The minimum absolute atomic E-state index is 0.0771. The van der Waals surface area contributed by atoms with Crippen LogP contribution in [0.2, 0.25) is 0 Å². The summed E-state index contributed by atoms with van der Waals surface area (Å²) in [4.78, 5) is 18.5. The van der Waals surface area contributed by atoms with Crippen LogP contribution in [0.5, 0.6) is 0 Å². The molecule has 0 bridgehead atoms. The fraction of sp³-hybridized carbons (Fsp3) is 0.750. The largest absolute Gasteiger partial charge is 0.389 e. The van der Waals surface area contributed by atoms with Crippen molar-refractivity contribution in [3.8, 4) is 0 Å². The molecule has 2 aliphatic rings. The van der Waals surface area contributed by atoms with E-state index in [1.807, 2.05) is 19.4 Å². The Bertz CT molecular complexity index is 505. The van der Waals surface area contributed by atoms with E-state index in [-0.39, 0.29) is 12.3 Å². The van der Waals surface area contributed by atoms with Crippen molar-refractivity contribution in [3.05, 3.63) is 18.2 Å². The molecule has 0 radical (unpaired) electrons. The van der Waals surface area contributed by atoms with Gasteiger partial charge in [-0.1, -0.05) is 12.8 Å². The van der Waals surface area contributed by atoms with Gasteiger partial charge in [0.2, 0.25) is 5.91 Å². The van der Waals surface area contributed by atoms with Gasteiger partial charge in [0.25, 0.3) is 0 Å². The summed E-state index contributed by atoms with van der Waals surface area (Å²) in [6.07, 6.45) is 9.81. The molecule has 1 aromatic rings. The monoisotopic (exact) mass is 291 g/mol. The van der Waals surface area contributed by atoms with Crippen molar-refractivity contribution in [1.82, 2.24) is 14.5 Å². The molecule has 116 valence electrons. The van der Waals surface area contributed by atoms with E-state index in [2.05, 4.69) is 9.55 Å². The highest BCUT2D eigenvalue weighted by atomic mass is 16.3. The van der Waals surface area contributed by atoms with E-state index in [9.17, 15) is 9.90 Å². The van der Waals surface area contributed by atoms with Crippen LogP contribution in [0.15, 0.2) is 12.4 Å². The van der Waals surface area contributed by atoms with Gasteiger partial charge in [0.1, 0.15) is 5.82 Å². The van der Waals surface area contributed by atoms with E-state index in [4.69, 9.17) is 0 Å². The van der Waals surface area contributed by atoms with Crippen LogP contribution in [0.25, 0.3) is 0 Å². The summed E-state index contributed by atoms with van der Waals surface area (Å²) in [6, 6.07) is 0. The van der Waals surface area contributed by atoms with E-state index in [1.165, 1.54) is 0 Å². The summed E-state index contributed by atoms with van der Waals surface area (Å²) in [6.45, 7) is 1.76. The molecule has 0 saturated heterocycles. The number of fused-ring (bicyclic) bond motifs is 1. The number of rotatable bonds is 4.